The maximum atomic E-state index is 12.6. The van der Waals surface area contributed by atoms with Gasteiger partial charge in [0.05, 0.1) is 6.54 Å². The van der Waals surface area contributed by atoms with Crippen LogP contribution in [-0.4, -0.2) is 37.5 Å². The van der Waals surface area contributed by atoms with Crippen molar-refractivity contribution in [2.75, 3.05) is 20.6 Å². The lowest BCUT2D eigenvalue weighted by Gasteiger charge is -2.20. The van der Waals surface area contributed by atoms with Gasteiger partial charge in [0.15, 0.2) is 0 Å². The first-order valence-corrected chi connectivity index (χ1v) is 23.4. The summed E-state index contributed by atoms with van der Waals surface area (Å²) in [6, 6.07) is 0.368. The van der Waals surface area contributed by atoms with E-state index in [0.717, 1.165) is 24.7 Å². The Morgan fingerprint density at radius 3 is 0.880 bits per heavy atom. The Balaban J connectivity index is 4.10. The summed E-state index contributed by atoms with van der Waals surface area (Å²) in [5.74, 6) is 2.20. The Kier molecular flexibility index (Phi) is 39.2. The van der Waals surface area contributed by atoms with Gasteiger partial charge < -0.3 is 10.2 Å². The molecule has 0 spiro atoms. The second-order valence-electron chi connectivity index (χ2n) is 17.0. The summed E-state index contributed by atoms with van der Waals surface area (Å²) in [6.07, 6.45) is 50.3. The number of carbonyl (C=O) groups excluding carboxylic acids is 1. The molecule has 0 saturated heterocycles. The highest BCUT2D eigenvalue weighted by Crippen LogP contribution is 2.25. The molecule has 0 aromatic heterocycles. The third kappa shape index (κ3) is 35.8. The van der Waals surface area contributed by atoms with E-state index in [-0.39, 0.29) is 5.91 Å². The van der Waals surface area contributed by atoms with Crippen molar-refractivity contribution in [2.24, 2.45) is 11.8 Å². The molecule has 1 N–H and O–H groups in total. The number of hydrogen-bond acceptors (Lipinski definition) is 2. The zero-order valence-electron chi connectivity index (χ0n) is 35.8. The lowest BCUT2D eigenvalue weighted by molar-refractivity contribution is -0.122. The van der Waals surface area contributed by atoms with E-state index in [1.54, 1.807) is 0 Å². The monoisotopic (exact) mass is 705 g/mol. The van der Waals surface area contributed by atoms with Crippen LogP contribution >= 0.6 is 0 Å². The van der Waals surface area contributed by atoms with Crippen LogP contribution in [0.25, 0.3) is 0 Å². The summed E-state index contributed by atoms with van der Waals surface area (Å²) in [5, 5.41) is 3.40. The molecule has 0 aliphatic heterocycles. The Labute approximate surface area is 317 Å². The quantitative estimate of drug-likeness (QED) is 0.0643. The molecule has 0 unspecified atom stereocenters. The maximum absolute atomic E-state index is 12.6. The zero-order chi connectivity index (χ0) is 36.8. The molecule has 0 atom stereocenters. The number of nitrogens with one attached hydrogen (secondary N) is 1. The average molecular weight is 705 g/mol. The average Bonchev–Trinajstić information content (AvgIpc) is 3.09. The van der Waals surface area contributed by atoms with E-state index in [1.165, 1.54) is 218 Å². The standard InChI is InChI=1S/C47H96N2O/c1-7-11-27-35-44(36-28-12-8-2)39-31-23-19-15-17-21-25-33-41-46(48-47(50)43-49(5)6)42-34-26-22-18-16-20-24-32-40-45(37-29-13-9-3)38-30-14-10-4/h44-46H,7-43H2,1-6H3,(H,48,50). The lowest BCUT2D eigenvalue weighted by atomic mass is 9.90. The zero-order valence-corrected chi connectivity index (χ0v) is 35.8. The molecule has 0 radical (unpaired) electrons. The molecule has 3 heteroatoms. The SMILES string of the molecule is CCCCCC(CCCCC)CCCCCCCCCCC(CCCCCCCCCCC(CCCCC)CCCCC)NC(=O)CN(C)C. The predicted octanol–water partition coefficient (Wildman–Crippen LogP) is 15.4. The molecule has 0 fully saturated rings. The van der Waals surface area contributed by atoms with Crippen molar-refractivity contribution in [2.45, 2.75) is 265 Å². The van der Waals surface area contributed by atoms with Gasteiger partial charge in [0.2, 0.25) is 5.91 Å². The fourth-order valence-corrected chi connectivity index (χ4v) is 8.22. The van der Waals surface area contributed by atoms with Crippen molar-refractivity contribution in [1.82, 2.24) is 10.2 Å². The van der Waals surface area contributed by atoms with Crippen molar-refractivity contribution < 1.29 is 4.79 Å². The van der Waals surface area contributed by atoms with E-state index in [9.17, 15) is 4.79 Å². The first-order valence-electron chi connectivity index (χ1n) is 23.4. The molecule has 0 bridgehead atoms. The second-order valence-corrected chi connectivity index (χ2v) is 17.0. The molecule has 0 saturated carbocycles. The minimum atomic E-state index is 0.205. The molecular weight excluding hydrogens is 609 g/mol. The minimum absolute atomic E-state index is 0.205. The van der Waals surface area contributed by atoms with Crippen LogP contribution in [0.1, 0.15) is 259 Å². The number of rotatable bonds is 41. The van der Waals surface area contributed by atoms with E-state index < -0.39 is 0 Å². The molecule has 0 rings (SSSR count). The minimum Gasteiger partial charge on any atom is -0.352 e. The molecule has 0 heterocycles. The third-order valence-corrected chi connectivity index (χ3v) is 11.5. The summed E-state index contributed by atoms with van der Waals surface area (Å²) in [5.41, 5.74) is 0. The second kappa shape index (κ2) is 39.6. The highest BCUT2D eigenvalue weighted by atomic mass is 16.2. The van der Waals surface area contributed by atoms with Gasteiger partial charge in [-0.1, -0.05) is 246 Å². The molecule has 300 valence electrons. The Bertz CT molecular complexity index is 600. The fraction of sp³-hybridized carbons (Fsp3) is 0.979. The smallest absolute Gasteiger partial charge is 0.234 e. The first-order chi connectivity index (χ1) is 24.5. The van der Waals surface area contributed by atoms with E-state index in [2.05, 4.69) is 33.0 Å². The number of nitrogens with zero attached hydrogens (tertiary/aromatic N) is 1. The normalized spacial score (nSPS) is 12.0. The van der Waals surface area contributed by atoms with Gasteiger partial charge in [0, 0.05) is 6.04 Å². The molecule has 0 aliphatic rings. The number of likely N-dealkylation sites (N-methyl/N-ethyl adjacent to an activating group) is 1. The van der Waals surface area contributed by atoms with Crippen LogP contribution in [-0.2, 0) is 4.79 Å². The van der Waals surface area contributed by atoms with Gasteiger partial charge in [-0.2, -0.15) is 0 Å². The third-order valence-electron chi connectivity index (χ3n) is 11.5. The number of carbonyl (C=O) groups is 1. The highest BCUT2D eigenvalue weighted by molar-refractivity contribution is 5.78. The van der Waals surface area contributed by atoms with Crippen molar-refractivity contribution >= 4 is 5.91 Å². The van der Waals surface area contributed by atoms with E-state index in [0.29, 0.717) is 12.6 Å². The maximum Gasteiger partial charge on any atom is 0.234 e. The molecule has 50 heavy (non-hydrogen) atoms. The van der Waals surface area contributed by atoms with Crippen molar-refractivity contribution in [1.29, 1.82) is 0 Å². The number of hydrogen-bond donors (Lipinski definition) is 1. The van der Waals surface area contributed by atoms with Crippen LogP contribution in [0.3, 0.4) is 0 Å². The number of unbranched alkanes of at least 4 members (excludes halogenated alkanes) is 22. The molecule has 0 aliphatic carbocycles. The van der Waals surface area contributed by atoms with Crippen molar-refractivity contribution in [3.05, 3.63) is 0 Å². The van der Waals surface area contributed by atoms with Crippen LogP contribution in [0.5, 0.6) is 0 Å². The Morgan fingerprint density at radius 2 is 0.620 bits per heavy atom. The van der Waals surface area contributed by atoms with Gasteiger partial charge >= 0.3 is 0 Å². The van der Waals surface area contributed by atoms with Gasteiger partial charge in [0.25, 0.3) is 0 Å². The van der Waals surface area contributed by atoms with E-state index in [1.807, 2.05) is 19.0 Å². The van der Waals surface area contributed by atoms with Crippen LogP contribution in [0.15, 0.2) is 0 Å². The molecule has 3 nitrogen and oxygen atoms in total. The van der Waals surface area contributed by atoms with Gasteiger partial charge in [-0.3, -0.25) is 4.79 Å². The molecule has 1 amide bonds. The summed E-state index contributed by atoms with van der Waals surface area (Å²) in [7, 11) is 3.99. The van der Waals surface area contributed by atoms with E-state index >= 15 is 0 Å². The summed E-state index contributed by atoms with van der Waals surface area (Å²) in [6.45, 7) is 9.83. The first kappa shape index (κ1) is 49.4. The van der Waals surface area contributed by atoms with Crippen LogP contribution < -0.4 is 5.32 Å². The number of amides is 1. The fourth-order valence-electron chi connectivity index (χ4n) is 8.22. The predicted molar refractivity (Wildman–Crippen MR) is 226 cm³/mol. The van der Waals surface area contributed by atoms with Gasteiger partial charge in [0.1, 0.15) is 0 Å². The van der Waals surface area contributed by atoms with Gasteiger partial charge in [-0.15, -0.1) is 0 Å². The highest BCUT2D eigenvalue weighted by Gasteiger charge is 2.13. The Hall–Kier alpha value is -0.570. The largest absolute Gasteiger partial charge is 0.352 e. The molecule has 0 aromatic carbocycles. The van der Waals surface area contributed by atoms with E-state index in [4.69, 9.17) is 0 Å². The summed E-state index contributed by atoms with van der Waals surface area (Å²) < 4.78 is 0. The molecular formula is C47H96N2O. The van der Waals surface area contributed by atoms with Gasteiger partial charge in [-0.05, 0) is 38.8 Å². The lowest BCUT2D eigenvalue weighted by Crippen LogP contribution is -2.40. The van der Waals surface area contributed by atoms with Crippen molar-refractivity contribution in [3.63, 3.8) is 0 Å². The summed E-state index contributed by atoms with van der Waals surface area (Å²) in [4.78, 5) is 14.6. The molecule has 0 aromatic rings. The van der Waals surface area contributed by atoms with Crippen LogP contribution in [0, 0.1) is 11.8 Å². The van der Waals surface area contributed by atoms with Crippen LogP contribution in [0.2, 0.25) is 0 Å². The topological polar surface area (TPSA) is 32.3 Å². The van der Waals surface area contributed by atoms with Gasteiger partial charge in [-0.25, -0.2) is 0 Å². The van der Waals surface area contributed by atoms with Crippen LogP contribution in [0.4, 0.5) is 0 Å². The summed E-state index contributed by atoms with van der Waals surface area (Å²) >= 11 is 0. The Morgan fingerprint density at radius 1 is 0.380 bits per heavy atom. The van der Waals surface area contributed by atoms with Crippen molar-refractivity contribution in [3.8, 4) is 0 Å².